The van der Waals surface area contributed by atoms with Crippen molar-refractivity contribution in [3.05, 3.63) is 22.4 Å². The summed E-state index contributed by atoms with van der Waals surface area (Å²) in [5.74, 6) is 0. The van der Waals surface area contributed by atoms with Gasteiger partial charge >= 0.3 is 0 Å². The van der Waals surface area contributed by atoms with Crippen LogP contribution in [0.25, 0.3) is 0 Å². The predicted molar refractivity (Wildman–Crippen MR) is 74.2 cm³/mol. The van der Waals surface area contributed by atoms with Gasteiger partial charge in [-0.3, -0.25) is 0 Å². The van der Waals surface area contributed by atoms with Gasteiger partial charge in [-0.05, 0) is 60.0 Å². The van der Waals surface area contributed by atoms with Crippen LogP contribution in [0.5, 0.6) is 0 Å². The van der Waals surface area contributed by atoms with Gasteiger partial charge in [0, 0.05) is 6.54 Å². The van der Waals surface area contributed by atoms with Crippen molar-refractivity contribution in [1.29, 1.82) is 0 Å². The molecule has 1 nitrogen and oxygen atoms in total. The van der Waals surface area contributed by atoms with Crippen molar-refractivity contribution >= 4 is 11.3 Å². The summed E-state index contributed by atoms with van der Waals surface area (Å²) in [6.45, 7) is 9.10. The van der Waals surface area contributed by atoms with E-state index in [-0.39, 0.29) is 0 Å². The normalized spacial score (nSPS) is 11.9. The van der Waals surface area contributed by atoms with Gasteiger partial charge in [-0.2, -0.15) is 11.3 Å². The Kier molecular flexibility index (Phi) is 6.07. The smallest absolute Gasteiger partial charge is 0.000760 e. The molecule has 0 atom stereocenters. The van der Waals surface area contributed by atoms with Crippen molar-refractivity contribution < 1.29 is 0 Å². The molecule has 16 heavy (non-hydrogen) atoms. The molecule has 0 unspecified atom stereocenters. The highest BCUT2D eigenvalue weighted by Gasteiger charge is 2.25. The molecule has 1 heterocycles. The molecule has 0 saturated carbocycles. The first kappa shape index (κ1) is 13.7. The summed E-state index contributed by atoms with van der Waals surface area (Å²) in [6.07, 6.45) is 5.10. The van der Waals surface area contributed by atoms with Crippen molar-refractivity contribution in [3.8, 4) is 0 Å². The van der Waals surface area contributed by atoms with E-state index in [1.165, 1.54) is 37.8 Å². The molecule has 2 heteroatoms. The number of aryl methyl sites for hydroxylation is 1. The monoisotopic (exact) mass is 239 g/mol. The lowest BCUT2D eigenvalue weighted by atomic mass is 9.77. The molecule has 0 bridgehead atoms. The second-order valence-corrected chi connectivity index (χ2v) is 5.40. The molecule has 0 fully saturated rings. The van der Waals surface area contributed by atoms with Gasteiger partial charge in [0.05, 0.1) is 0 Å². The van der Waals surface area contributed by atoms with Gasteiger partial charge in [-0.25, -0.2) is 0 Å². The molecule has 1 rings (SSSR count). The SMILES string of the molecule is CCNCC(CC)(CC)CCc1ccsc1. The van der Waals surface area contributed by atoms with Crippen molar-refractivity contribution in [2.75, 3.05) is 13.1 Å². The lowest BCUT2D eigenvalue weighted by Gasteiger charge is -2.32. The zero-order chi connectivity index (χ0) is 11.9. The molecule has 1 aromatic heterocycles. The average molecular weight is 239 g/mol. The van der Waals surface area contributed by atoms with Crippen molar-refractivity contribution in [1.82, 2.24) is 5.32 Å². The van der Waals surface area contributed by atoms with Gasteiger partial charge in [0.1, 0.15) is 0 Å². The molecule has 0 aliphatic heterocycles. The molecule has 92 valence electrons. The van der Waals surface area contributed by atoms with E-state index in [0.29, 0.717) is 5.41 Å². The molecular weight excluding hydrogens is 214 g/mol. The maximum absolute atomic E-state index is 3.52. The predicted octanol–water partition coefficient (Wildman–Crippen LogP) is 4.10. The van der Waals surface area contributed by atoms with Crippen molar-refractivity contribution in [2.45, 2.75) is 46.5 Å². The second kappa shape index (κ2) is 7.08. The lowest BCUT2D eigenvalue weighted by Crippen LogP contribution is -2.33. The van der Waals surface area contributed by atoms with Gasteiger partial charge < -0.3 is 5.32 Å². The Hall–Kier alpha value is -0.340. The molecule has 0 aromatic carbocycles. The van der Waals surface area contributed by atoms with E-state index >= 15 is 0 Å². The minimum absolute atomic E-state index is 0.498. The summed E-state index contributed by atoms with van der Waals surface area (Å²) in [6, 6.07) is 2.26. The molecule has 1 N–H and O–H groups in total. The van der Waals surface area contributed by atoms with Crippen LogP contribution in [-0.2, 0) is 6.42 Å². The van der Waals surface area contributed by atoms with Gasteiger partial charge in [-0.1, -0.05) is 20.8 Å². The summed E-state index contributed by atoms with van der Waals surface area (Å²) < 4.78 is 0. The molecule has 0 spiro atoms. The first-order valence-electron chi connectivity index (χ1n) is 6.48. The third kappa shape index (κ3) is 3.91. The summed E-state index contributed by atoms with van der Waals surface area (Å²) in [7, 11) is 0. The third-order valence-electron chi connectivity index (χ3n) is 3.77. The minimum Gasteiger partial charge on any atom is -0.316 e. The summed E-state index contributed by atoms with van der Waals surface area (Å²) in [4.78, 5) is 0. The molecule has 0 saturated heterocycles. The van der Waals surface area contributed by atoms with Crippen LogP contribution in [0.1, 0.15) is 45.6 Å². The largest absolute Gasteiger partial charge is 0.316 e. The van der Waals surface area contributed by atoms with Crippen LogP contribution in [0.15, 0.2) is 16.8 Å². The van der Waals surface area contributed by atoms with E-state index < -0.39 is 0 Å². The number of nitrogens with one attached hydrogen (secondary N) is 1. The summed E-state index contributed by atoms with van der Waals surface area (Å²) in [5, 5.41) is 7.98. The van der Waals surface area contributed by atoms with E-state index in [1.54, 1.807) is 0 Å². The fourth-order valence-corrected chi connectivity index (χ4v) is 2.88. The topological polar surface area (TPSA) is 12.0 Å². The van der Waals surface area contributed by atoms with Crippen molar-refractivity contribution in [2.24, 2.45) is 5.41 Å². The molecule has 0 amide bonds. The van der Waals surface area contributed by atoms with Crippen molar-refractivity contribution in [3.63, 3.8) is 0 Å². The number of rotatable bonds is 8. The zero-order valence-electron chi connectivity index (χ0n) is 10.9. The number of hydrogen-bond donors (Lipinski definition) is 1. The standard InChI is InChI=1S/C14H25NS/c1-4-14(5-2,12-15-6-3)9-7-13-8-10-16-11-13/h8,10-11,15H,4-7,9,12H2,1-3H3. The first-order chi connectivity index (χ1) is 7.76. The van der Waals surface area contributed by atoms with Crippen LogP contribution in [0.3, 0.4) is 0 Å². The Bertz CT molecular complexity index is 262. The Morgan fingerprint density at radius 1 is 1.25 bits per heavy atom. The van der Waals surface area contributed by atoms with Gasteiger partial charge in [-0.15, -0.1) is 0 Å². The second-order valence-electron chi connectivity index (χ2n) is 4.62. The highest BCUT2D eigenvalue weighted by Crippen LogP contribution is 2.31. The third-order valence-corrected chi connectivity index (χ3v) is 4.51. The van der Waals surface area contributed by atoms with Gasteiger partial charge in [0.25, 0.3) is 0 Å². The highest BCUT2D eigenvalue weighted by atomic mass is 32.1. The quantitative estimate of drug-likeness (QED) is 0.720. The van der Waals surface area contributed by atoms with Crippen LogP contribution >= 0.6 is 11.3 Å². The Labute approximate surface area is 104 Å². The summed E-state index contributed by atoms with van der Waals surface area (Å²) >= 11 is 1.81. The molecule has 0 radical (unpaired) electrons. The van der Waals surface area contributed by atoms with Crippen LogP contribution in [0.4, 0.5) is 0 Å². The summed E-state index contributed by atoms with van der Waals surface area (Å²) in [5.41, 5.74) is 2.01. The van der Waals surface area contributed by atoms with E-state index in [0.717, 1.165) is 6.54 Å². The van der Waals surface area contributed by atoms with E-state index in [4.69, 9.17) is 0 Å². The molecule has 0 aliphatic rings. The van der Waals surface area contributed by atoms with E-state index in [2.05, 4.69) is 42.9 Å². The van der Waals surface area contributed by atoms with E-state index in [1.807, 2.05) is 11.3 Å². The highest BCUT2D eigenvalue weighted by molar-refractivity contribution is 7.07. The number of hydrogen-bond acceptors (Lipinski definition) is 2. The van der Waals surface area contributed by atoms with Gasteiger partial charge in [0.2, 0.25) is 0 Å². The van der Waals surface area contributed by atoms with E-state index in [9.17, 15) is 0 Å². The first-order valence-corrected chi connectivity index (χ1v) is 7.42. The molecule has 1 aromatic rings. The lowest BCUT2D eigenvalue weighted by molar-refractivity contribution is 0.230. The maximum Gasteiger partial charge on any atom is 0.000760 e. The minimum atomic E-state index is 0.498. The van der Waals surface area contributed by atoms with Crippen LogP contribution < -0.4 is 5.32 Å². The zero-order valence-corrected chi connectivity index (χ0v) is 11.7. The number of thiophene rings is 1. The molecule has 0 aliphatic carbocycles. The fourth-order valence-electron chi connectivity index (χ4n) is 2.18. The van der Waals surface area contributed by atoms with Gasteiger partial charge in [0.15, 0.2) is 0 Å². The van der Waals surface area contributed by atoms with Crippen LogP contribution in [-0.4, -0.2) is 13.1 Å². The van der Waals surface area contributed by atoms with Crippen LogP contribution in [0, 0.1) is 5.41 Å². The average Bonchev–Trinajstić information content (AvgIpc) is 2.83. The fraction of sp³-hybridized carbons (Fsp3) is 0.714. The Balaban J connectivity index is 2.49. The van der Waals surface area contributed by atoms with Crippen LogP contribution in [0.2, 0.25) is 0 Å². The Morgan fingerprint density at radius 3 is 2.50 bits per heavy atom. The molecular formula is C14H25NS. The Morgan fingerprint density at radius 2 is 2.00 bits per heavy atom. The maximum atomic E-state index is 3.52.